The number of esters is 1. The summed E-state index contributed by atoms with van der Waals surface area (Å²) in [7, 11) is 1.34. The lowest BCUT2D eigenvalue weighted by Crippen LogP contribution is -2.22. The van der Waals surface area contributed by atoms with Gasteiger partial charge in [-0.05, 0) is 48.9 Å². The fourth-order valence-corrected chi connectivity index (χ4v) is 3.75. The van der Waals surface area contributed by atoms with E-state index in [1.165, 1.54) is 18.4 Å². The molecule has 1 heterocycles. The van der Waals surface area contributed by atoms with Gasteiger partial charge in [0, 0.05) is 10.0 Å². The highest BCUT2D eigenvalue weighted by atomic mass is 79.9. The molecule has 0 unspecified atom stereocenters. The average molecular weight is 419 g/mol. The first-order valence-electron chi connectivity index (χ1n) is 7.49. The summed E-state index contributed by atoms with van der Waals surface area (Å²) in [5, 5.41) is 0. The van der Waals surface area contributed by atoms with Crippen molar-refractivity contribution in [2.75, 3.05) is 7.11 Å². The minimum absolute atomic E-state index is 0.00596. The molecule has 128 valence electrons. The topological polar surface area (TPSA) is 60.7 Å². The Bertz CT molecular complexity index is 1020. The highest BCUT2D eigenvalue weighted by Gasteiger charge is 2.12. The molecule has 0 spiro atoms. The Balaban J connectivity index is 2.13. The van der Waals surface area contributed by atoms with Gasteiger partial charge in [-0.15, -0.1) is 0 Å². The van der Waals surface area contributed by atoms with E-state index < -0.39 is 5.97 Å². The van der Waals surface area contributed by atoms with Crippen molar-refractivity contribution < 1.29 is 14.3 Å². The molecule has 0 atom stereocenters. The number of aryl methyl sites for hydroxylation is 1. The minimum Gasteiger partial charge on any atom is -0.468 e. The first-order valence-corrected chi connectivity index (χ1v) is 9.10. The Morgan fingerprint density at radius 3 is 2.60 bits per heavy atom. The summed E-state index contributed by atoms with van der Waals surface area (Å²) >= 11 is 4.72. The number of hydrogen-bond acceptors (Lipinski definition) is 4. The Kier molecular flexibility index (Phi) is 5.15. The van der Waals surface area contributed by atoms with Crippen LogP contribution in [0.25, 0.3) is 10.2 Å². The van der Waals surface area contributed by atoms with E-state index in [4.69, 9.17) is 4.74 Å². The first-order chi connectivity index (χ1) is 12.0. The van der Waals surface area contributed by atoms with Crippen LogP contribution in [0.3, 0.4) is 0 Å². The van der Waals surface area contributed by atoms with Crippen LogP contribution in [-0.2, 0) is 16.1 Å². The van der Waals surface area contributed by atoms with Crippen LogP contribution in [0.2, 0.25) is 0 Å². The molecule has 5 nitrogen and oxygen atoms in total. The lowest BCUT2D eigenvalue weighted by Gasteiger charge is -2.03. The Hall–Kier alpha value is -2.25. The monoisotopic (exact) mass is 418 g/mol. The van der Waals surface area contributed by atoms with Gasteiger partial charge in [-0.3, -0.25) is 9.59 Å². The minimum atomic E-state index is -0.391. The number of aromatic nitrogens is 1. The SMILES string of the molecule is COC(=O)Cn1c(=NC(=O)c2ccc(Br)cc2)sc2cc(C)ccc21. The van der Waals surface area contributed by atoms with Gasteiger partial charge < -0.3 is 9.30 Å². The quantitative estimate of drug-likeness (QED) is 0.609. The third-order valence-electron chi connectivity index (χ3n) is 3.64. The number of ether oxygens (including phenoxy) is 1. The summed E-state index contributed by atoms with van der Waals surface area (Å²) in [4.78, 5) is 28.9. The third-order valence-corrected chi connectivity index (χ3v) is 5.21. The highest BCUT2D eigenvalue weighted by molar-refractivity contribution is 9.10. The fraction of sp³-hybridized carbons (Fsp3) is 0.167. The molecule has 0 aliphatic rings. The van der Waals surface area contributed by atoms with Gasteiger partial charge in [0.25, 0.3) is 5.91 Å². The van der Waals surface area contributed by atoms with E-state index >= 15 is 0 Å². The summed E-state index contributed by atoms with van der Waals surface area (Å²) in [6.07, 6.45) is 0. The molecule has 1 aromatic heterocycles. The van der Waals surface area contributed by atoms with Crippen molar-refractivity contribution in [2.45, 2.75) is 13.5 Å². The van der Waals surface area contributed by atoms with Crippen LogP contribution in [0, 0.1) is 6.92 Å². The molecule has 0 bridgehead atoms. The molecule has 25 heavy (non-hydrogen) atoms. The van der Waals surface area contributed by atoms with Gasteiger partial charge in [-0.25, -0.2) is 0 Å². The molecular weight excluding hydrogens is 404 g/mol. The van der Waals surface area contributed by atoms with Crippen LogP contribution in [0.15, 0.2) is 51.9 Å². The number of methoxy groups -OCH3 is 1. The normalized spacial score (nSPS) is 11.7. The Morgan fingerprint density at radius 2 is 1.92 bits per heavy atom. The number of benzene rings is 2. The number of carbonyl (C=O) groups excluding carboxylic acids is 2. The van der Waals surface area contributed by atoms with Crippen LogP contribution in [0.1, 0.15) is 15.9 Å². The van der Waals surface area contributed by atoms with Gasteiger partial charge >= 0.3 is 5.97 Å². The smallest absolute Gasteiger partial charge is 0.325 e. The van der Waals surface area contributed by atoms with Gasteiger partial charge in [0.15, 0.2) is 4.80 Å². The molecule has 0 saturated carbocycles. The first kappa shape index (κ1) is 17.6. The summed E-state index contributed by atoms with van der Waals surface area (Å²) in [6.45, 7) is 2.00. The van der Waals surface area contributed by atoms with Gasteiger partial charge in [0.2, 0.25) is 0 Å². The van der Waals surface area contributed by atoms with Crippen LogP contribution in [0.5, 0.6) is 0 Å². The van der Waals surface area contributed by atoms with Gasteiger partial charge in [-0.2, -0.15) is 4.99 Å². The molecule has 0 fully saturated rings. The molecule has 2 aromatic carbocycles. The second kappa shape index (κ2) is 7.33. The van der Waals surface area contributed by atoms with E-state index in [0.29, 0.717) is 10.4 Å². The molecule has 1 amide bonds. The summed E-state index contributed by atoms with van der Waals surface area (Å²) in [6, 6.07) is 12.9. The van der Waals surface area contributed by atoms with E-state index in [1.54, 1.807) is 28.8 Å². The van der Waals surface area contributed by atoms with E-state index in [1.807, 2.05) is 25.1 Å². The van der Waals surface area contributed by atoms with Crippen molar-refractivity contribution in [3.8, 4) is 0 Å². The molecule has 0 aliphatic heterocycles. The van der Waals surface area contributed by atoms with Gasteiger partial charge in [-0.1, -0.05) is 33.3 Å². The number of hydrogen-bond donors (Lipinski definition) is 0. The molecule has 0 radical (unpaired) electrons. The van der Waals surface area contributed by atoms with Gasteiger partial charge in [0.05, 0.1) is 17.3 Å². The van der Waals surface area contributed by atoms with E-state index in [9.17, 15) is 9.59 Å². The zero-order chi connectivity index (χ0) is 18.0. The predicted molar refractivity (Wildman–Crippen MR) is 101 cm³/mol. The lowest BCUT2D eigenvalue weighted by molar-refractivity contribution is -0.141. The maximum atomic E-state index is 12.5. The zero-order valence-corrected chi connectivity index (χ0v) is 16.1. The van der Waals surface area contributed by atoms with E-state index in [2.05, 4.69) is 20.9 Å². The maximum absolute atomic E-state index is 12.5. The van der Waals surface area contributed by atoms with Crippen LogP contribution >= 0.6 is 27.3 Å². The summed E-state index contributed by atoms with van der Waals surface area (Å²) in [5.74, 6) is -0.743. The highest BCUT2D eigenvalue weighted by Crippen LogP contribution is 2.19. The number of carbonyl (C=O) groups is 2. The number of rotatable bonds is 3. The molecule has 0 saturated heterocycles. The largest absolute Gasteiger partial charge is 0.468 e. The van der Waals surface area contributed by atoms with Crippen molar-refractivity contribution in [1.29, 1.82) is 0 Å². The Morgan fingerprint density at radius 1 is 1.20 bits per heavy atom. The number of thiazole rings is 1. The molecule has 0 N–H and O–H groups in total. The maximum Gasteiger partial charge on any atom is 0.325 e. The van der Waals surface area contributed by atoms with E-state index in [-0.39, 0.29) is 12.5 Å². The van der Waals surface area contributed by atoms with Crippen LogP contribution < -0.4 is 4.80 Å². The number of amides is 1. The van der Waals surface area contributed by atoms with Crippen LogP contribution in [0.4, 0.5) is 0 Å². The second-order valence-electron chi connectivity index (χ2n) is 5.44. The molecular formula is C18H15BrN2O3S. The lowest BCUT2D eigenvalue weighted by atomic mass is 10.2. The molecule has 3 aromatic rings. The van der Waals surface area contributed by atoms with Crippen molar-refractivity contribution >= 4 is 49.4 Å². The molecule has 7 heteroatoms. The van der Waals surface area contributed by atoms with E-state index in [0.717, 1.165) is 20.3 Å². The third kappa shape index (κ3) is 3.88. The average Bonchev–Trinajstić information content (AvgIpc) is 2.91. The molecule has 3 rings (SSSR count). The standard InChI is InChI=1S/C18H15BrN2O3S/c1-11-3-8-14-15(9-11)25-18(21(14)10-16(22)24-2)20-17(23)12-4-6-13(19)7-5-12/h3-9H,10H2,1-2H3. The fourth-order valence-electron chi connectivity index (χ4n) is 2.36. The van der Waals surface area contributed by atoms with Crippen LogP contribution in [-0.4, -0.2) is 23.6 Å². The summed E-state index contributed by atoms with van der Waals surface area (Å²) in [5.41, 5.74) is 2.44. The number of nitrogens with zero attached hydrogens (tertiary/aromatic N) is 2. The zero-order valence-electron chi connectivity index (χ0n) is 13.7. The number of halogens is 1. The van der Waals surface area contributed by atoms with Crippen molar-refractivity contribution in [1.82, 2.24) is 4.57 Å². The van der Waals surface area contributed by atoms with Gasteiger partial charge in [0.1, 0.15) is 6.54 Å². The van der Waals surface area contributed by atoms with Crippen molar-refractivity contribution in [3.05, 3.63) is 62.9 Å². The number of fused-ring (bicyclic) bond motifs is 1. The second-order valence-corrected chi connectivity index (χ2v) is 7.37. The summed E-state index contributed by atoms with van der Waals surface area (Å²) < 4.78 is 8.33. The predicted octanol–water partition coefficient (Wildman–Crippen LogP) is 3.69. The van der Waals surface area contributed by atoms with Crippen molar-refractivity contribution in [2.24, 2.45) is 4.99 Å². The van der Waals surface area contributed by atoms with Crippen molar-refractivity contribution in [3.63, 3.8) is 0 Å². The Labute approximate surface area is 156 Å². The molecule has 0 aliphatic carbocycles.